The summed E-state index contributed by atoms with van der Waals surface area (Å²) in [4.78, 5) is 15.5. The van der Waals surface area contributed by atoms with Crippen LogP contribution in [0.25, 0.3) is 5.69 Å². The maximum Gasteiger partial charge on any atom is 0.435 e. The van der Waals surface area contributed by atoms with Crippen LogP contribution in [0.4, 0.5) is 13.2 Å². The topological polar surface area (TPSA) is 66.3 Å². The molecule has 1 aliphatic rings. The number of amides is 1. The van der Waals surface area contributed by atoms with Crippen molar-refractivity contribution >= 4 is 11.6 Å². The van der Waals surface area contributed by atoms with Crippen molar-refractivity contribution in [3.05, 3.63) is 71.8 Å². The Balaban J connectivity index is 1.58. The third-order valence-electron chi connectivity index (χ3n) is 4.79. The number of hydrogen-bond acceptors (Lipinski definition) is 3. The number of benzene rings is 1. The summed E-state index contributed by atoms with van der Waals surface area (Å²) in [5.74, 6) is -0.0764. The van der Waals surface area contributed by atoms with Crippen molar-refractivity contribution in [1.82, 2.24) is 19.8 Å². The summed E-state index contributed by atoms with van der Waals surface area (Å²) in [7, 11) is 0. The second-order valence-corrected chi connectivity index (χ2v) is 6.67. The molecule has 9 heteroatoms. The summed E-state index contributed by atoms with van der Waals surface area (Å²) in [6, 6.07) is 11.4. The average molecular weight is 401 g/mol. The first-order valence-electron chi connectivity index (χ1n) is 9.13. The number of hydrogen-bond donors (Lipinski definition) is 1. The van der Waals surface area contributed by atoms with Gasteiger partial charge < -0.3 is 4.98 Å². The zero-order valence-electron chi connectivity index (χ0n) is 15.5. The molecule has 29 heavy (non-hydrogen) atoms. The second-order valence-electron chi connectivity index (χ2n) is 6.67. The summed E-state index contributed by atoms with van der Waals surface area (Å²) >= 11 is 0. The fourth-order valence-corrected chi connectivity index (χ4v) is 3.30. The Morgan fingerprint density at radius 3 is 2.55 bits per heavy atom. The van der Waals surface area contributed by atoms with Crippen molar-refractivity contribution in [3.8, 4) is 5.69 Å². The van der Waals surface area contributed by atoms with Crippen LogP contribution in [-0.4, -0.2) is 31.4 Å². The molecule has 0 spiro atoms. The minimum Gasteiger partial charge on any atom is -0.363 e. The Morgan fingerprint density at radius 2 is 1.97 bits per heavy atom. The summed E-state index contributed by atoms with van der Waals surface area (Å²) in [6.45, 7) is 1.79. The van der Waals surface area contributed by atoms with Crippen LogP contribution in [0.15, 0.2) is 60.0 Å². The molecule has 1 amide bonds. The SMILES string of the molecule is CCC(=O)N1N=C(c2ccc(-n3ccc(C(F)(F)F)n3)cc2)CC1c1ccc[nH]1. The Bertz CT molecular complexity index is 1040. The van der Waals surface area contributed by atoms with Gasteiger partial charge in [-0.2, -0.15) is 23.4 Å². The van der Waals surface area contributed by atoms with Gasteiger partial charge in [-0.1, -0.05) is 19.1 Å². The molecule has 3 heterocycles. The number of alkyl halides is 3. The summed E-state index contributed by atoms with van der Waals surface area (Å²) in [6.07, 6.45) is -0.519. The van der Waals surface area contributed by atoms with E-state index in [0.717, 1.165) is 23.0 Å². The lowest BCUT2D eigenvalue weighted by Crippen LogP contribution is -2.26. The predicted octanol–water partition coefficient (Wildman–Crippen LogP) is 4.31. The van der Waals surface area contributed by atoms with Crippen molar-refractivity contribution < 1.29 is 18.0 Å². The second kappa shape index (κ2) is 7.23. The van der Waals surface area contributed by atoms with Gasteiger partial charge >= 0.3 is 6.18 Å². The molecule has 4 rings (SSSR count). The standard InChI is InChI=1S/C20H18F3N5O/c1-2-19(29)28-17(15-4-3-10-24-15)12-16(25-28)13-5-7-14(8-6-13)27-11-9-18(26-27)20(21,22)23/h3-11,17,24H,2,12H2,1H3. The summed E-state index contributed by atoms with van der Waals surface area (Å²) < 4.78 is 39.4. The lowest BCUT2D eigenvalue weighted by atomic mass is 10.0. The fourth-order valence-electron chi connectivity index (χ4n) is 3.30. The van der Waals surface area contributed by atoms with Gasteiger partial charge in [0.05, 0.1) is 11.4 Å². The van der Waals surface area contributed by atoms with Crippen molar-refractivity contribution in [2.45, 2.75) is 32.0 Å². The van der Waals surface area contributed by atoms with Gasteiger partial charge in [0.25, 0.3) is 0 Å². The first kappa shape index (κ1) is 19.0. The van der Waals surface area contributed by atoms with Gasteiger partial charge in [-0.3, -0.25) is 4.79 Å². The monoisotopic (exact) mass is 401 g/mol. The van der Waals surface area contributed by atoms with E-state index >= 15 is 0 Å². The number of halogens is 3. The molecule has 0 fully saturated rings. The molecule has 1 aromatic carbocycles. The minimum atomic E-state index is -4.48. The fraction of sp³-hybridized carbons (Fsp3) is 0.250. The Hall–Kier alpha value is -3.36. The number of carbonyl (C=O) groups is 1. The third-order valence-corrected chi connectivity index (χ3v) is 4.79. The van der Waals surface area contributed by atoms with Crippen LogP contribution in [-0.2, 0) is 11.0 Å². The van der Waals surface area contributed by atoms with Gasteiger partial charge in [0.1, 0.15) is 6.04 Å². The van der Waals surface area contributed by atoms with E-state index in [-0.39, 0.29) is 11.9 Å². The van der Waals surface area contributed by atoms with Crippen molar-refractivity contribution in [2.75, 3.05) is 0 Å². The smallest absolute Gasteiger partial charge is 0.363 e. The number of nitrogens with one attached hydrogen (secondary N) is 1. The van der Waals surface area contributed by atoms with E-state index in [0.29, 0.717) is 18.5 Å². The number of aromatic nitrogens is 3. The van der Waals surface area contributed by atoms with Crippen molar-refractivity contribution in [2.24, 2.45) is 5.10 Å². The maximum atomic E-state index is 12.7. The molecular formula is C20H18F3N5O. The van der Waals surface area contributed by atoms with Crippen molar-refractivity contribution in [3.63, 3.8) is 0 Å². The zero-order chi connectivity index (χ0) is 20.6. The largest absolute Gasteiger partial charge is 0.435 e. The van der Waals surface area contributed by atoms with Crippen LogP contribution >= 0.6 is 0 Å². The van der Waals surface area contributed by atoms with E-state index in [1.54, 1.807) is 37.4 Å². The highest BCUT2D eigenvalue weighted by Crippen LogP contribution is 2.32. The van der Waals surface area contributed by atoms with Crippen molar-refractivity contribution in [1.29, 1.82) is 0 Å². The number of nitrogens with zero attached hydrogens (tertiary/aromatic N) is 4. The number of aromatic amines is 1. The van der Waals surface area contributed by atoms with Crippen LogP contribution in [0.5, 0.6) is 0 Å². The summed E-state index contributed by atoms with van der Waals surface area (Å²) in [5, 5.41) is 9.59. The summed E-state index contributed by atoms with van der Waals surface area (Å²) in [5.41, 5.74) is 2.02. The van der Waals surface area contributed by atoms with Gasteiger partial charge in [-0.05, 0) is 35.9 Å². The first-order chi connectivity index (χ1) is 13.9. The molecule has 1 atom stereocenters. The molecule has 150 valence electrons. The Morgan fingerprint density at radius 1 is 1.21 bits per heavy atom. The molecule has 0 saturated heterocycles. The van der Waals surface area contributed by atoms with Gasteiger partial charge in [0.15, 0.2) is 5.69 Å². The first-order valence-corrected chi connectivity index (χ1v) is 9.13. The maximum absolute atomic E-state index is 12.7. The Kier molecular flexibility index (Phi) is 4.73. The molecule has 0 radical (unpaired) electrons. The molecule has 0 saturated carbocycles. The van der Waals surface area contributed by atoms with Crippen LogP contribution in [0, 0.1) is 0 Å². The van der Waals surface area contributed by atoms with Crippen LogP contribution in [0.2, 0.25) is 0 Å². The molecule has 1 unspecified atom stereocenters. The van der Waals surface area contributed by atoms with Gasteiger partial charge in [-0.25, -0.2) is 9.69 Å². The van der Waals surface area contributed by atoms with Gasteiger partial charge in [-0.15, -0.1) is 0 Å². The van der Waals surface area contributed by atoms with Crippen LogP contribution in [0.3, 0.4) is 0 Å². The third kappa shape index (κ3) is 3.67. The number of hydrazone groups is 1. The van der Waals surface area contributed by atoms with Crippen LogP contribution in [0.1, 0.15) is 42.8 Å². The van der Waals surface area contributed by atoms with Gasteiger partial charge in [0.2, 0.25) is 5.91 Å². The molecule has 0 aliphatic carbocycles. The number of H-pyrrole nitrogens is 1. The quantitative estimate of drug-likeness (QED) is 0.708. The molecule has 1 aliphatic heterocycles. The highest BCUT2D eigenvalue weighted by molar-refractivity contribution is 6.03. The average Bonchev–Trinajstić information content (AvgIpc) is 3.46. The van der Waals surface area contributed by atoms with E-state index in [2.05, 4.69) is 15.2 Å². The lowest BCUT2D eigenvalue weighted by Gasteiger charge is -2.20. The normalized spacial score (nSPS) is 16.9. The molecule has 3 aromatic rings. The minimum absolute atomic E-state index is 0.0764. The zero-order valence-corrected chi connectivity index (χ0v) is 15.5. The van der Waals surface area contributed by atoms with E-state index in [1.807, 2.05) is 12.1 Å². The van der Waals surface area contributed by atoms with E-state index < -0.39 is 11.9 Å². The Labute approximate surface area is 164 Å². The number of rotatable bonds is 4. The molecule has 6 nitrogen and oxygen atoms in total. The molecule has 2 aromatic heterocycles. The van der Waals surface area contributed by atoms with E-state index in [4.69, 9.17) is 0 Å². The molecular weight excluding hydrogens is 383 g/mol. The van der Waals surface area contributed by atoms with E-state index in [9.17, 15) is 18.0 Å². The van der Waals surface area contributed by atoms with Crippen LogP contribution < -0.4 is 0 Å². The predicted molar refractivity (Wildman–Crippen MR) is 100 cm³/mol. The highest BCUT2D eigenvalue weighted by atomic mass is 19.4. The highest BCUT2D eigenvalue weighted by Gasteiger charge is 2.34. The molecule has 1 N–H and O–H groups in total. The lowest BCUT2D eigenvalue weighted by molar-refractivity contribution is -0.141. The van der Waals surface area contributed by atoms with Gasteiger partial charge in [0, 0.05) is 30.9 Å². The molecule has 0 bridgehead atoms. The van der Waals surface area contributed by atoms with E-state index in [1.165, 1.54) is 15.9 Å². The number of carbonyl (C=O) groups excluding carboxylic acids is 1.